The Bertz CT molecular complexity index is 490. The molecule has 0 atom stereocenters. The molecule has 1 aromatic rings. The zero-order chi connectivity index (χ0) is 15.8. The van der Waals surface area contributed by atoms with Crippen molar-refractivity contribution >= 4 is 17.6 Å². The molecule has 22 heavy (non-hydrogen) atoms. The molecule has 120 valence electrons. The van der Waals surface area contributed by atoms with Gasteiger partial charge >= 0.3 is 5.97 Å². The van der Waals surface area contributed by atoms with E-state index in [4.69, 9.17) is 5.11 Å². The quantitative estimate of drug-likeness (QED) is 0.800. The van der Waals surface area contributed by atoms with Gasteiger partial charge in [0.1, 0.15) is 0 Å². The highest BCUT2D eigenvalue weighted by atomic mass is 16.4. The first kappa shape index (κ1) is 16.5. The van der Waals surface area contributed by atoms with Crippen LogP contribution in [0.5, 0.6) is 0 Å². The first-order valence-electron chi connectivity index (χ1n) is 8.24. The number of benzene rings is 1. The van der Waals surface area contributed by atoms with E-state index in [1.807, 2.05) is 24.3 Å². The summed E-state index contributed by atoms with van der Waals surface area (Å²) in [6.45, 7) is 0. The van der Waals surface area contributed by atoms with E-state index in [9.17, 15) is 9.59 Å². The Labute approximate surface area is 131 Å². The number of nitrogens with one attached hydrogen (secondary N) is 1. The van der Waals surface area contributed by atoms with Gasteiger partial charge in [-0.2, -0.15) is 0 Å². The molecule has 1 amide bonds. The van der Waals surface area contributed by atoms with Gasteiger partial charge in [0.15, 0.2) is 0 Å². The minimum absolute atomic E-state index is 0.102. The van der Waals surface area contributed by atoms with Crippen LogP contribution < -0.4 is 5.32 Å². The third-order valence-electron chi connectivity index (χ3n) is 4.29. The third-order valence-corrected chi connectivity index (χ3v) is 4.29. The predicted molar refractivity (Wildman–Crippen MR) is 86.8 cm³/mol. The van der Waals surface area contributed by atoms with Crippen LogP contribution in [-0.4, -0.2) is 17.0 Å². The zero-order valence-corrected chi connectivity index (χ0v) is 13.0. The molecule has 4 heteroatoms. The average Bonchev–Trinajstić information content (AvgIpc) is 2.49. The average molecular weight is 303 g/mol. The van der Waals surface area contributed by atoms with Gasteiger partial charge in [-0.3, -0.25) is 9.59 Å². The number of carbonyl (C=O) groups is 2. The van der Waals surface area contributed by atoms with Crippen LogP contribution in [-0.2, 0) is 16.0 Å². The number of hydrogen-bond donors (Lipinski definition) is 2. The van der Waals surface area contributed by atoms with Gasteiger partial charge in [-0.15, -0.1) is 0 Å². The van der Waals surface area contributed by atoms with E-state index >= 15 is 0 Å². The van der Waals surface area contributed by atoms with Gasteiger partial charge in [0, 0.05) is 18.5 Å². The van der Waals surface area contributed by atoms with Crippen LogP contribution in [0.4, 0.5) is 5.69 Å². The van der Waals surface area contributed by atoms with Crippen molar-refractivity contribution in [3.8, 4) is 0 Å². The van der Waals surface area contributed by atoms with Gasteiger partial charge in [0.25, 0.3) is 0 Å². The summed E-state index contributed by atoms with van der Waals surface area (Å²) in [5.41, 5.74) is 1.93. The van der Waals surface area contributed by atoms with Gasteiger partial charge in [-0.05, 0) is 49.3 Å². The monoisotopic (exact) mass is 303 g/mol. The second-order valence-electron chi connectivity index (χ2n) is 6.20. The van der Waals surface area contributed by atoms with Crippen molar-refractivity contribution < 1.29 is 14.7 Å². The fourth-order valence-electron chi connectivity index (χ4n) is 3.06. The number of carboxylic acids is 1. The van der Waals surface area contributed by atoms with Crippen LogP contribution in [0.1, 0.15) is 56.9 Å². The van der Waals surface area contributed by atoms with Crippen LogP contribution in [0.2, 0.25) is 0 Å². The summed E-state index contributed by atoms with van der Waals surface area (Å²) in [7, 11) is 0. The first-order chi connectivity index (χ1) is 10.6. The lowest BCUT2D eigenvalue weighted by molar-refractivity contribution is -0.137. The minimum Gasteiger partial charge on any atom is -0.481 e. The maximum Gasteiger partial charge on any atom is 0.303 e. The van der Waals surface area contributed by atoms with Crippen LogP contribution in [0.25, 0.3) is 0 Å². The summed E-state index contributed by atoms with van der Waals surface area (Å²) in [6.07, 6.45) is 8.38. The first-order valence-corrected chi connectivity index (χ1v) is 8.24. The Morgan fingerprint density at radius 1 is 1.09 bits per heavy atom. The van der Waals surface area contributed by atoms with Crippen molar-refractivity contribution in [1.29, 1.82) is 0 Å². The Morgan fingerprint density at radius 3 is 2.41 bits per heavy atom. The van der Waals surface area contributed by atoms with E-state index < -0.39 is 5.97 Å². The molecule has 0 heterocycles. The third kappa shape index (κ3) is 5.88. The van der Waals surface area contributed by atoms with Gasteiger partial charge in [-0.1, -0.05) is 31.4 Å². The molecule has 0 bridgehead atoms. The van der Waals surface area contributed by atoms with Gasteiger partial charge in [0.05, 0.1) is 0 Å². The van der Waals surface area contributed by atoms with Crippen molar-refractivity contribution in [2.75, 3.05) is 5.32 Å². The number of amides is 1. The number of aliphatic carboxylic acids is 1. The number of rotatable bonds is 7. The topological polar surface area (TPSA) is 66.4 Å². The second-order valence-corrected chi connectivity index (χ2v) is 6.20. The Kier molecular flexibility index (Phi) is 6.44. The molecule has 4 nitrogen and oxygen atoms in total. The molecule has 0 aliphatic heterocycles. The Morgan fingerprint density at radius 2 is 1.77 bits per heavy atom. The fourth-order valence-corrected chi connectivity index (χ4v) is 3.06. The molecule has 1 aliphatic carbocycles. The van der Waals surface area contributed by atoms with Crippen molar-refractivity contribution in [3.63, 3.8) is 0 Å². The van der Waals surface area contributed by atoms with Crippen LogP contribution in [0.15, 0.2) is 24.3 Å². The minimum atomic E-state index is -0.758. The number of anilines is 1. The molecule has 2 rings (SSSR count). The van der Waals surface area contributed by atoms with Gasteiger partial charge in [-0.25, -0.2) is 0 Å². The summed E-state index contributed by atoms with van der Waals surface area (Å²) in [5, 5.41) is 11.6. The lowest BCUT2D eigenvalue weighted by atomic mass is 9.87. The van der Waals surface area contributed by atoms with E-state index in [1.54, 1.807) is 0 Å². The van der Waals surface area contributed by atoms with Crippen LogP contribution in [0.3, 0.4) is 0 Å². The number of hydrogen-bond acceptors (Lipinski definition) is 2. The molecule has 0 aromatic heterocycles. The number of carbonyl (C=O) groups excluding carboxylic acids is 1. The van der Waals surface area contributed by atoms with Crippen molar-refractivity contribution in [2.45, 2.75) is 57.8 Å². The predicted octanol–water partition coefficient (Wildman–Crippen LogP) is 4.00. The van der Waals surface area contributed by atoms with Crippen molar-refractivity contribution in [1.82, 2.24) is 0 Å². The summed E-state index contributed by atoms with van der Waals surface area (Å²) in [5.74, 6) is -0.110. The van der Waals surface area contributed by atoms with Crippen LogP contribution in [0, 0.1) is 5.92 Å². The van der Waals surface area contributed by atoms with E-state index in [0.717, 1.165) is 17.7 Å². The zero-order valence-electron chi connectivity index (χ0n) is 13.0. The molecule has 0 radical (unpaired) electrons. The number of aryl methyl sites for hydroxylation is 1. The molecule has 0 unspecified atom stereocenters. The summed E-state index contributed by atoms with van der Waals surface area (Å²) in [4.78, 5) is 22.5. The largest absolute Gasteiger partial charge is 0.481 e. The summed E-state index contributed by atoms with van der Waals surface area (Å²) in [6, 6.07) is 7.71. The van der Waals surface area contributed by atoms with Crippen molar-refractivity contribution in [3.05, 3.63) is 29.8 Å². The van der Waals surface area contributed by atoms with E-state index in [2.05, 4.69) is 5.32 Å². The molecule has 0 saturated heterocycles. The highest BCUT2D eigenvalue weighted by Gasteiger charge is 2.16. The summed E-state index contributed by atoms with van der Waals surface area (Å²) >= 11 is 0. The molecule has 1 fully saturated rings. The maximum atomic E-state index is 12.0. The van der Waals surface area contributed by atoms with Crippen molar-refractivity contribution in [2.24, 2.45) is 5.92 Å². The van der Waals surface area contributed by atoms with Crippen LogP contribution >= 0.6 is 0 Å². The number of carboxylic acid groups (broad SMARTS) is 1. The molecule has 1 aromatic carbocycles. The molecular formula is C18H25NO3. The van der Waals surface area contributed by atoms with Gasteiger partial charge in [0.2, 0.25) is 5.91 Å². The van der Waals surface area contributed by atoms with E-state index in [-0.39, 0.29) is 12.3 Å². The lowest BCUT2D eigenvalue weighted by Gasteiger charge is -2.20. The maximum absolute atomic E-state index is 12.0. The fraction of sp³-hybridized carbons (Fsp3) is 0.556. The molecule has 2 N–H and O–H groups in total. The molecular weight excluding hydrogens is 278 g/mol. The standard InChI is InChI=1S/C18H25NO3/c20-17(13-15-5-2-1-3-6-15)19-16-11-9-14(10-12-16)7-4-8-18(21)22/h9-12,15H,1-8,13H2,(H,19,20)(H,21,22). The smallest absolute Gasteiger partial charge is 0.303 e. The molecule has 1 saturated carbocycles. The van der Waals surface area contributed by atoms with E-state index in [0.29, 0.717) is 18.8 Å². The summed E-state index contributed by atoms with van der Waals surface area (Å²) < 4.78 is 0. The SMILES string of the molecule is O=C(O)CCCc1ccc(NC(=O)CC2CCCCC2)cc1. The van der Waals surface area contributed by atoms with E-state index in [1.165, 1.54) is 32.1 Å². The highest BCUT2D eigenvalue weighted by Crippen LogP contribution is 2.26. The Balaban J connectivity index is 1.75. The second kappa shape index (κ2) is 8.57. The highest BCUT2D eigenvalue weighted by molar-refractivity contribution is 5.90. The van der Waals surface area contributed by atoms with Gasteiger partial charge < -0.3 is 10.4 Å². The molecule has 1 aliphatic rings. The normalized spacial score (nSPS) is 15.5. The Hall–Kier alpha value is -1.84. The molecule has 0 spiro atoms. The lowest BCUT2D eigenvalue weighted by Crippen LogP contribution is -2.18.